The van der Waals surface area contributed by atoms with Gasteiger partial charge in [0.25, 0.3) is 0 Å². The molecule has 0 amide bonds. The minimum absolute atomic E-state index is 0.132. The summed E-state index contributed by atoms with van der Waals surface area (Å²) in [6, 6.07) is 4.36. The van der Waals surface area contributed by atoms with Crippen LogP contribution in [0.25, 0.3) is 0 Å². The normalized spacial score (nSPS) is 16.7. The van der Waals surface area contributed by atoms with Crippen molar-refractivity contribution in [2.75, 3.05) is 26.4 Å². The first kappa shape index (κ1) is 37.2. The molecule has 38 heavy (non-hydrogen) atoms. The molecule has 0 aromatic heterocycles. The van der Waals surface area contributed by atoms with Crippen LogP contribution < -0.4 is 0 Å². The number of alkyl halides is 4. The fourth-order valence-electron chi connectivity index (χ4n) is 2.55. The van der Waals surface area contributed by atoms with E-state index in [1.54, 1.807) is 0 Å². The SMILES string of the molecule is CC[C@@H](Cl)COP(=O)(OC[C@H](Cl)CC)O[C@H](c1ccc(Cl)c(Cl)c1)P(=O)(OC[C@H](Cl)CC)OC[C@H](Cl)CC. The molecule has 0 aliphatic heterocycles. The second-order valence-electron chi connectivity index (χ2n) is 8.32. The molecular formula is C23H36Cl6O7P2. The highest BCUT2D eigenvalue weighted by molar-refractivity contribution is 7.55. The van der Waals surface area contributed by atoms with E-state index in [9.17, 15) is 9.13 Å². The van der Waals surface area contributed by atoms with E-state index in [-0.39, 0.29) is 42.0 Å². The lowest BCUT2D eigenvalue weighted by Gasteiger charge is -2.31. The summed E-state index contributed by atoms with van der Waals surface area (Å²) in [5, 5.41) is -1.57. The van der Waals surface area contributed by atoms with Crippen LogP contribution in [-0.2, 0) is 31.7 Å². The fraction of sp³-hybridized carbons (Fsp3) is 0.739. The molecule has 5 atom stereocenters. The van der Waals surface area contributed by atoms with Crippen molar-refractivity contribution in [3.05, 3.63) is 33.8 Å². The maximum atomic E-state index is 14.4. The van der Waals surface area contributed by atoms with Gasteiger partial charge in [-0.3, -0.25) is 18.1 Å². The lowest BCUT2D eigenvalue weighted by atomic mass is 10.2. The Labute approximate surface area is 256 Å². The summed E-state index contributed by atoms with van der Waals surface area (Å²) in [5.74, 6) is -1.62. The van der Waals surface area contributed by atoms with Crippen LogP contribution in [0.3, 0.4) is 0 Å². The fourth-order valence-corrected chi connectivity index (χ4v) is 7.20. The van der Waals surface area contributed by atoms with Crippen molar-refractivity contribution in [3.63, 3.8) is 0 Å². The number of rotatable bonds is 20. The first-order valence-electron chi connectivity index (χ1n) is 12.3. The van der Waals surface area contributed by atoms with Gasteiger partial charge in [0.15, 0.2) is 5.85 Å². The van der Waals surface area contributed by atoms with E-state index in [0.29, 0.717) is 25.7 Å². The first-order chi connectivity index (χ1) is 17.8. The molecule has 0 spiro atoms. The highest BCUT2D eigenvalue weighted by Gasteiger charge is 2.46. The number of benzene rings is 1. The molecular weight excluding hydrogens is 663 g/mol. The van der Waals surface area contributed by atoms with Gasteiger partial charge in [-0.1, -0.05) is 57.0 Å². The number of halogens is 6. The van der Waals surface area contributed by atoms with E-state index in [0.717, 1.165) is 0 Å². The molecule has 0 aliphatic rings. The zero-order valence-electron chi connectivity index (χ0n) is 21.8. The number of hydrogen-bond donors (Lipinski definition) is 0. The maximum Gasteiger partial charge on any atom is 0.476 e. The molecule has 0 fully saturated rings. The minimum atomic E-state index is -4.45. The smallest absolute Gasteiger partial charge is 0.305 e. The molecule has 0 unspecified atom stereocenters. The van der Waals surface area contributed by atoms with Gasteiger partial charge in [-0.25, -0.2) is 4.57 Å². The Hall–Kier alpha value is 1.22. The summed E-state index contributed by atoms with van der Waals surface area (Å²) in [7, 11) is -8.77. The zero-order chi connectivity index (χ0) is 28.9. The molecule has 222 valence electrons. The second kappa shape index (κ2) is 18.7. The molecule has 15 heteroatoms. The summed E-state index contributed by atoms with van der Waals surface area (Å²) in [6.45, 7) is 6.70. The molecule has 0 bridgehead atoms. The van der Waals surface area contributed by atoms with Crippen molar-refractivity contribution in [2.45, 2.75) is 80.7 Å². The molecule has 7 nitrogen and oxygen atoms in total. The van der Waals surface area contributed by atoms with Crippen LogP contribution in [0.2, 0.25) is 10.0 Å². The van der Waals surface area contributed by atoms with Crippen LogP contribution in [-0.4, -0.2) is 47.9 Å². The van der Waals surface area contributed by atoms with Gasteiger partial charge in [0.1, 0.15) is 0 Å². The maximum absolute atomic E-state index is 14.4. The Morgan fingerprint density at radius 1 is 0.658 bits per heavy atom. The van der Waals surface area contributed by atoms with E-state index >= 15 is 0 Å². The Morgan fingerprint density at radius 3 is 1.42 bits per heavy atom. The molecule has 0 aliphatic carbocycles. The van der Waals surface area contributed by atoms with Crippen molar-refractivity contribution < 1.29 is 31.7 Å². The number of hydrogen-bond acceptors (Lipinski definition) is 7. The topological polar surface area (TPSA) is 80.3 Å². The lowest BCUT2D eigenvalue weighted by Crippen LogP contribution is -2.19. The molecule has 0 saturated carbocycles. The van der Waals surface area contributed by atoms with Crippen LogP contribution in [0.4, 0.5) is 0 Å². The molecule has 0 radical (unpaired) electrons. The molecule has 0 N–H and O–H groups in total. The van der Waals surface area contributed by atoms with Gasteiger partial charge >= 0.3 is 15.4 Å². The van der Waals surface area contributed by atoms with Crippen LogP contribution >= 0.6 is 85.0 Å². The van der Waals surface area contributed by atoms with Crippen LogP contribution in [0, 0.1) is 0 Å². The molecule has 1 aromatic rings. The summed E-state index contributed by atoms with van der Waals surface area (Å²) in [5.41, 5.74) is 0.191. The first-order valence-corrected chi connectivity index (χ1v) is 17.9. The minimum Gasteiger partial charge on any atom is -0.305 e. The highest BCUT2D eigenvalue weighted by Crippen LogP contribution is 2.68. The quantitative estimate of drug-likeness (QED) is 0.0990. The number of phosphoric ester groups is 1. The third-order valence-electron chi connectivity index (χ3n) is 5.21. The largest absolute Gasteiger partial charge is 0.476 e. The van der Waals surface area contributed by atoms with Gasteiger partial charge in [0, 0.05) is 0 Å². The van der Waals surface area contributed by atoms with Gasteiger partial charge in [-0.15, -0.1) is 46.4 Å². The summed E-state index contributed by atoms with van der Waals surface area (Å²) >= 11 is 37.3. The molecule has 0 saturated heterocycles. The third kappa shape index (κ3) is 13.0. The predicted molar refractivity (Wildman–Crippen MR) is 159 cm³/mol. The Balaban J connectivity index is 3.58. The summed E-state index contributed by atoms with van der Waals surface area (Å²) < 4.78 is 56.8. The Bertz CT molecular complexity index is 892. The van der Waals surface area contributed by atoms with Crippen molar-refractivity contribution in [1.29, 1.82) is 0 Å². The van der Waals surface area contributed by atoms with Crippen LogP contribution in [0.1, 0.15) is 64.8 Å². The van der Waals surface area contributed by atoms with Gasteiger partial charge in [-0.05, 0) is 43.4 Å². The van der Waals surface area contributed by atoms with Gasteiger partial charge in [0.2, 0.25) is 0 Å². The van der Waals surface area contributed by atoms with E-state index in [1.807, 2.05) is 27.7 Å². The van der Waals surface area contributed by atoms with Crippen molar-refractivity contribution in [1.82, 2.24) is 0 Å². The average Bonchev–Trinajstić information content (AvgIpc) is 2.92. The van der Waals surface area contributed by atoms with E-state index in [2.05, 4.69) is 0 Å². The van der Waals surface area contributed by atoms with Crippen LogP contribution in [0.5, 0.6) is 0 Å². The van der Waals surface area contributed by atoms with E-state index in [1.165, 1.54) is 18.2 Å². The predicted octanol–water partition coefficient (Wildman–Crippen LogP) is 10.4. The van der Waals surface area contributed by atoms with Crippen LogP contribution in [0.15, 0.2) is 18.2 Å². The van der Waals surface area contributed by atoms with E-state index in [4.69, 9.17) is 92.2 Å². The monoisotopic (exact) mass is 696 g/mol. The van der Waals surface area contributed by atoms with Gasteiger partial charge < -0.3 is 9.05 Å². The Kier molecular flexibility index (Phi) is 18.3. The van der Waals surface area contributed by atoms with Gasteiger partial charge in [-0.2, -0.15) is 0 Å². The van der Waals surface area contributed by atoms with E-state index < -0.39 is 42.8 Å². The third-order valence-corrected chi connectivity index (χ3v) is 11.3. The highest BCUT2D eigenvalue weighted by atomic mass is 35.5. The van der Waals surface area contributed by atoms with Gasteiger partial charge in [0.05, 0.1) is 58.0 Å². The standard InChI is InChI=1S/C23H36Cl6O7P2/c1-5-17(24)12-32-37(30,33-13-18(25)6-2)23(16-9-10-21(28)22(29)11-16)36-38(31,34-14-19(26)7-3)35-15-20(27)8-4/h9-11,17-20,23H,5-8,12-15H2,1-4H3/t17-,18-,19-,20-,23+/m1/s1. The molecule has 1 rings (SSSR count). The van der Waals surface area contributed by atoms with Crippen molar-refractivity contribution in [3.8, 4) is 0 Å². The molecule has 1 aromatic carbocycles. The lowest BCUT2D eigenvalue weighted by molar-refractivity contribution is 0.0815. The average molecular weight is 699 g/mol. The zero-order valence-corrected chi connectivity index (χ0v) is 28.1. The van der Waals surface area contributed by atoms with Crippen molar-refractivity contribution >= 4 is 85.0 Å². The van der Waals surface area contributed by atoms with Crippen molar-refractivity contribution in [2.24, 2.45) is 0 Å². The number of phosphoric acid groups is 1. The Morgan fingerprint density at radius 2 is 1.05 bits per heavy atom. The second-order valence-corrected chi connectivity index (χ2v) is 15.3. The molecule has 0 heterocycles. The summed E-state index contributed by atoms with van der Waals surface area (Å²) in [4.78, 5) is 0. The summed E-state index contributed by atoms with van der Waals surface area (Å²) in [6.07, 6.45) is 2.11.